The third-order valence-electron chi connectivity index (χ3n) is 9.65. The fourth-order valence-electron chi connectivity index (χ4n) is 7.41. The van der Waals surface area contributed by atoms with Crippen molar-refractivity contribution in [1.82, 2.24) is 0 Å². The van der Waals surface area contributed by atoms with Gasteiger partial charge in [0, 0.05) is 53.3 Å². The number of hydrogen-bond acceptors (Lipinski definition) is 3. The number of furan rings is 1. The SMILES string of the molecule is c1ccc(-c2cccc(N(c3ccc4c(c3)sc3ccccc34)c3ccccc3-c3cccc4oc5c6ccccc6ccc5c34)c2)cc1. The monoisotopic (exact) mass is 643 g/mol. The molecule has 0 saturated heterocycles. The first-order valence-electron chi connectivity index (χ1n) is 16.6. The molecular formula is C46H29NOS. The van der Waals surface area contributed by atoms with Gasteiger partial charge < -0.3 is 9.32 Å². The minimum absolute atomic E-state index is 0.892. The Hall–Kier alpha value is -6.16. The lowest BCUT2D eigenvalue weighted by Crippen LogP contribution is -2.11. The summed E-state index contributed by atoms with van der Waals surface area (Å²) in [6, 6.07) is 63.2. The quantitative estimate of drug-likeness (QED) is 0.186. The van der Waals surface area contributed by atoms with Crippen LogP contribution in [0.15, 0.2) is 180 Å². The van der Waals surface area contributed by atoms with Crippen LogP contribution in [0.2, 0.25) is 0 Å². The molecule has 0 unspecified atom stereocenters. The first kappa shape index (κ1) is 27.9. The van der Waals surface area contributed by atoms with E-state index < -0.39 is 0 Å². The van der Waals surface area contributed by atoms with E-state index >= 15 is 0 Å². The van der Waals surface area contributed by atoms with E-state index in [9.17, 15) is 0 Å². The van der Waals surface area contributed by atoms with Crippen LogP contribution in [-0.2, 0) is 0 Å². The van der Waals surface area contributed by atoms with Crippen molar-refractivity contribution in [1.29, 1.82) is 0 Å². The molecular weight excluding hydrogens is 615 g/mol. The number of para-hydroxylation sites is 1. The molecule has 0 amide bonds. The summed E-state index contributed by atoms with van der Waals surface area (Å²) >= 11 is 1.85. The molecule has 0 saturated carbocycles. The molecule has 3 heteroatoms. The summed E-state index contributed by atoms with van der Waals surface area (Å²) in [6.45, 7) is 0. The molecule has 0 aliphatic carbocycles. The Balaban J connectivity index is 1.23. The van der Waals surface area contributed by atoms with Crippen molar-refractivity contribution in [3.8, 4) is 22.3 Å². The zero-order valence-electron chi connectivity index (χ0n) is 26.5. The second-order valence-corrected chi connectivity index (χ2v) is 13.6. The van der Waals surface area contributed by atoms with Gasteiger partial charge in [0.25, 0.3) is 0 Å². The van der Waals surface area contributed by atoms with Gasteiger partial charge in [0.2, 0.25) is 0 Å². The molecule has 0 radical (unpaired) electrons. The molecule has 2 nitrogen and oxygen atoms in total. The first-order chi connectivity index (χ1) is 24.3. The van der Waals surface area contributed by atoms with E-state index in [0.29, 0.717) is 0 Å². The van der Waals surface area contributed by atoms with Gasteiger partial charge in [-0.05, 0) is 70.6 Å². The van der Waals surface area contributed by atoms with Crippen LogP contribution >= 0.6 is 11.3 Å². The molecule has 49 heavy (non-hydrogen) atoms. The van der Waals surface area contributed by atoms with E-state index in [1.54, 1.807) is 0 Å². The van der Waals surface area contributed by atoms with Crippen molar-refractivity contribution in [2.24, 2.45) is 0 Å². The van der Waals surface area contributed by atoms with Gasteiger partial charge in [-0.2, -0.15) is 0 Å². The second-order valence-electron chi connectivity index (χ2n) is 12.5. The molecule has 2 heterocycles. The Morgan fingerprint density at radius 2 is 1.12 bits per heavy atom. The maximum Gasteiger partial charge on any atom is 0.143 e. The smallest absolute Gasteiger partial charge is 0.143 e. The van der Waals surface area contributed by atoms with Crippen LogP contribution in [0.4, 0.5) is 17.1 Å². The molecule has 0 atom stereocenters. The highest BCUT2D eigenvalue weighted by Crippen LogP contribution is 2.47. The highest BCUT2D eigenvalue weighted by molar-refractivity contribution is 7.25. The van der Waals surface area contributed by atoms with Gasteiger partial charge in [-0.3, -0.25) is 0 Å². The Labute approximate surface area is 287 Å². The standard InChI is InChI=1S/C46H29NOS/c1-2-12-30(13-3-1)32-15-10-16-33(28-32)47(34-25-27-38-37-19-7-9-23-43(37)49-44(38)29-34)41-21-8-6-18-36(41)39-20-11-22-42-45(39)40-26-24-31-14-4-5-17-35(31)46(40)48-42/h1-29H. The van der Waals surface area contributed by atoms with Crippen molar-refractivity contribution in [2.75, 3.05) is 4.90 Å². The van der Waals surface area contributed by atoms with Crippen molar-refractivity contribution in [2.45, 2.75) is 0 Å². The van der Waals surface area contributed by atoms with Gasteiger partial charge >= 0.3 is 0 Å². The number of nitrogens with zero attached hydrogens (tertiary/aromatic N) is 1. The lowest BCUT2D eigenvalue weighted by atomic mass is 9.96. The average molecular weight is 644 g/mol. The van der Waals surface area contributed by atoms with Crippen LogP contribution in [0.5, 0.6) is 0 Å². The predicted octanol–water partition coefficient (Wildman–Crippen LogP) is 13.9. The zero-order valence-corrected chi connectivity index (χ0v) is 27.3. The first-order valence-corrected chi connectivity index (χ1v) is 17.4. The van der Waals surface area contributed by atoms with Crippen molar-refractivity contribution >= 4 is 81.3 Å². The van der Waals surface area contributed by atoms with E-state index in [4.69, 9.17) is 4.42 Å². The van der Waals surface area contributed by atoms with Crippen LogP contribution in [0, 0.1) is 0 Å². The van der Waals surface area contributed by atoms with Crippen LogP contribution in [0.3, 0.4) is 0 Å². The Bertz CT molecular complexity index is 2840. The average Bonchev–Trinajstić information content (AvgIpc) is 3.74. The summed E-state index contributed by atoms with van der Waals surface area (Å²) in [5, 5.41) is 7.16. The van der Waals surface area contributed by atoms with Gasteiger partial charge in [0.1, 0.15) is 11.2 Å². The van der Waals surface area contributed by atoms with E-state index in [2.05, 4.69) is 181 Å². The maximum absolute atomic E-state index is 6.63. The summed E-state index contributed by atoms with van der Waals surface area (Å²) in [7, 11) is 0. The topological polar surface area (TPSA) is 16.4 Å². The molecule has 10 rings (SSSR count). The van der Waals surface area contributed by atoms with Gasteiger partial charge in [-0.15, -0.1) is 11.3 Å². The molecule has 0 fully saturated rings. The molecule has 0 spiro atoms. The molecule has 0 N–H and O–H groups in total. The molecule has 0 aliphatic rings. The summed E-state index contributed by atoms with van der Waals surface area (Å²) in [5.74, 6) is 0. The summed E-state index contributed by atoms with van der Waals surface area (Å²) < 4.78 is 9.20. The fourth-order valence-corrected chi connectivity index (χ4v) is 8.55. The predicted molar refractivity (Wildman–Crippen MR) is 210 cm³/mol. The number of rotatable bonds is 5. The van der Waals surface area contributed by atoms with Crippen LogP contribution in [0.25, 0.3) is 75.1 Å². The zero-order chi connectivity index (χ0) is 32.3. The van der Waals surface area contributed by atoms with E-state index in [1.165, 1.54) is 36.7 Å². The Morgan fingerprint density at radius 1 is 0.429 bits per heavy atom. The van der Waals surface area contributed by atoms with Gasteiger partial charge in [-0.25, -0.2) is 0 Å². The largest absolute Gasteiger partial charge is 0.455 e. The van der Waals surface area contributed by atoms with Crippen LogP contribution < -0.4 is 4.90 Å². The molecule has 0 aliphatic heterocycles. The van der Waals surface area contributed by atoms with Crippen molar-refractivity contribution < 1.29 is 4.42 Å². The number of benzene rings is 8. The summed E-state index contributed by atoms with van der Waals surface area (Å²) in [6.07, 6.45) is 0. The molecule has 2 aromatic heterocycles. The molecule has 10 aromatic rings. The maximum atomic E-state index is 6.63. The number of anilines is 3. The van der Waals surface area contributed by atoms with Gasteiger partial charge in [0.15, 0.2) is 0 Å². The fraction of sp³-hybridized carbons (Fsp3) is 0. The molecule has 8 aromatic carbocycles. The summed E-state index contributed by atoms with van der Waals surface area (Å²) in [4.78, 5) is 2.42. The molecule has 0 bridgehead atoms. The Kier molecular flexibility index (Phi) is 6.39. The third kappa shape index (κ3) is 4.55. The highest BCUT2D eigenvalue weighted by atomic mass is 32.1. The second kappa shape index (κ2) is 11.2. The van der Waals surface area contributed by atoms with E-state index in [0.717, 1.165) is 55.5 Å². The normalized spacial score (nSPS) is 11.7. The van der Waals surface area contributed by atoms with Gasteiger partial charge in [0.05, 0.1) is 5.69 Å². The van der Waals surface area contributed by atoms with E-state index in [1.807, 2.05) is 11.3 Å². The Morgan fingerprint density at radius 3 is 2.06 bits per heavy atom. The minimum atomic E-state index is 0.892. The number of thiophene rings is 1. The van der Waals surface area contributed by atoms with Crippen LogP contribution in [-0.4, -0.2) is 0 Å². The van der Waals surface area contributed by atoms with E-state index in [-0.39, 0.29) is 0 Å². The van der Waals surface area contributed by atoms with Gasteiger partial charge in [-0.1, -0.05) is 127 Å². The number of hydrogen-bond donors (Lipinski definition) is 0. The highest BCUT2D eigenvalue weighted by Gasteiger charge is 2.22. The lowest BCUT2D eigenvalue weighted by molar-refractivity contribution is 0.673. The third-order valence-corrected chi connectivity index (χ3v) is 10.8. The molecule has 230 valence electrons. The van der Waals surface area contributed by atoms with Crippen molar-refractivity contribution in [3.05, 3.63) is 176 Å². The minimum Gasteiger partial charge on any atom is -0.455 e. The lowest BCUT2D eigenvalue weighted by Gasteiger charge is -2.28. The summed E-state index contributed by atoms with van der Waals surface area (Å²) in [5.41, 5.74) is 9.81. The number of fused-ring (bicyclic) bond motifs is 8. The van der Waals surface area contributed by atoms with Crippen molar-refractivity contribution in [3.63, 3.8) is 0 Å². The van der Waals surface area contributed by atoms with Crippen LogP contribution in [0.1, 0.15) is 0 Å².